The van der Waals surface area contributed by atoms with Crippen LogP contribution in [0.5, 0.6) is 0 Å². The number of hydrogen-bond acceptors (Lipinski definition) is 3. The monoisotopic (exact) mass is 299 g/mol. The van der Waals surface area contributed by atoms with Crippen LogP contribution in [0.3, 0.4) is 0 Å². The van der Waals surface area contributed by atoms with E-state index in [0.717, 1.165) is 5.56 Å². The van der Waals surface area contributed by atoms with Crippen LogP contribution >= 0.6 is 11.6 Å². The molecule has 2 fully saturated rings. The van der Waals surface area contributed by atoms with Crippen molar-refractivity contribution in [1.82, 2.24) is 0 Å². The molecule has 102 valence electrons. The van der Waals surface area contributed by atoms with Crippen molar-refractivity contribution < 1.29 is 13.2 Å². The highest BCUT2D eigenvalue weighted by Gasteiger charge is 2.49. The Morgan fingerprint density at radius 3 is 2.74 bits per heavy atom. The Kier molecular flexibility index (Phi) is 2.87. The number of rotatable bonds is 1. The van der Waals surface area contributed by atoms with E-state index in [4.69, 9.17) is 11.6 Å². The van der Waals surface area contributed by atoms with Crippen molar-refractivity contribution in [3.05, 3.63) is 28.8 Å². The zero-order valence-corrected chi connectivity index (χ0v) is 12.0. The molecule has 1 aromatic carbocycles. The van der Waals surface area contributed by atoms with E-state index in [-0.39, 0.29) is 29.4 Å². The highest BCUT2D eigenvalue weighted by molar-refractivity contribution is 7.91. The van der Waals surface area contributed by atoms with Crippen LogP contribution in [0.25, 0.3) is 0 Å². The smallest absolute Gasteiger partial charge is 0.227 e. The zero-order chi connectivity index (χ0) is 13.8. The number of nitrogens with zero attached hydrogens (tertiary/aromatic N) is 1. The Labute approximate surface area is 117 Å². The van der Waals surface area contributed by atoms with Gasteiger partial charge in [0.2, 0.25) is 5.91 Å². The number of aryl methyl sites for hydroxylation is 1. The van der Waals surface area contributed by atoms with Gasteiger partial charge in [0.25, 0.3) is 0 Å². The van der Waals surface area contributed by atoms with Gasteiger partial charge >= 0.3 is 0 Å². The number of halogens is 1. The number of amides is 1. The molecule has 6 heteroatoms. The Balaban J connectivity index is 1.99. The molecule has 0 N–H and O–H groups in total. The van der Waals surface area contributed by atoms with Gasteiger partial charge in [0.1, 0.15) is 0 Å². The summed E-state index contributed by atoms with van der Waals surface area (Å²) in [7, 11) is -3.02. The second-order valence-electron chi connectivity index (χ2n) is 5.31. The fraction of sp³-hybridized carbons (Fsp3) is 0.462. The summed E-state index contributed by atoms with van der Waals surface area (Å²) in [5, 5.41) is 0.592. The third-order valence-electron chi connectivity index (χ3n) is 3.91. The van der Waals surface area contributed by atoms with Gasteiger partial charge in [0.15, 0.2) is 9.84 Å². The Bertz CT molecular complexity index is 656. The van der Waals surface area contributed by atoms with Crippen LogP contribution in [0.2, 0.25) is 5.02 Å². The molecule has 0 bridgehead atoms. The van der Waals surface area contributed by atoms with Crippen LogP contribution in [0.1, 0.15) is 12.0 Å². The quantitative estimate of drug-likeness (QED) is 0.794. The van der Waals surface area contributed by atoms with E-state index < -0.39 is 9.84 Å². The van der Waals surface area contributed by atoms with Crippen molar-refractivity contribution in [3.63, 3.8) is 0 Å². The van der Waals surface area contributed by atoms with E-state index >= 15 is 0 Å². The number of sulfone groups is 1. The minimum atomic E-state index is -3.02. The van der Waals surface area contributed by atoms with E-state index in [1.54, 1.807) is 11.0 Å². The van der Waals surface area contributed by atoms with Gasteiger partial charge < -0.3 is 4.90 Å². The molecule has 0 unspecified atom stereocenters. The standard InChI is InChI=1S/C13H14ClNO3S/c1-8-2-3-10(5-11(8)14)15-12-7-19(17,18)6-9(12)4-13(15)16/h2-3,5,9,12H,4,6-7H2,1H3/t9-,12+/m1/s1. The molecule has 0 spiro atoms. The molecule has 0 aliphatic carbocycles. The SMILES string of the molecule is Cc1ccc(N2C(=O)C[C@@H]3CS(=O)(=O)C[C@@H]32)cc1Cl. The molecule has 2 saturated heterocycles. The third kappa shape index (κ3) is 2.15. The predicted molar refractivity (Wildman–Crippen MR) is 74.2 cm³/mol. The topological polar surface area (TPSA) is 54.5 Å². The van der Waals surface area contributed by atoms with Gasteiger partial charge in [-0.15, -0.1) is 0 Å². The maximum atomic E-state index is 12.1. The largest absolute Gasteiger partial charge is 0.308 e. The van der Waals surface area contributed by atoms with Gasteiger partial charge in [0, 0.05) is 23.0 Å². The van der Waals surface area contributed by atoms with Crippen LogP contribution in [0.4, 0.5) is 5.69 Å². The molecule has 2 atom stereocenters. The number of carbonyl (C=O) groups is 1. The van der Waals surface area contributed by atoms with E-state index in [1.807, 2.05) is 19.1 Å². The molecule has 1 aromatic rings. The molecule has 19 heavy (non-hydrogen) atoms. The molecular weight excluding hydrogens is 286 g/mol. The first-order valence-corrected chi connectivity index (χ1v) is 8.36. The zero-order valence-electron chi connectivity index (χ0n) is 10.5. The molecule has 2 aliphatic heterocycles. The van der Waals surface area contributed by atoms with E-state index in [0.29, 0.717) is 17.1 Å². The number of anilines is 1. The lowest BCUT2D eigenvalue weighted by Crippen LogP contribution is -2.36. The Hall–Kier alpha value is -1.07. The van der Waals surface area contributed by atoms with Crippen LogP contribution in [-0.4, -0.2) is 31.9 Å². The van der Waals surface area contributed by atoms with Crippen molar-refractivity contribution >= 4 is 33.0 Å². The molecule has 0 radical (unpaired) electrons. The van der Waals surface area contributed by atoms with Crippen molar-refractivity contribution in [2.24, 2.45) is 5.92 Å². The molecule has 4 nitrogen and oxygen atoms in total. The first kappa shape index (κ1) is 12.9. The fourth-order valence-corrected chi connectivity index (χ4v) is 5.20. The lowest BCUT2D eigenvalue weighted by atomic mass is 10.0. The molecule has 2 aliphatic rings. The lowest BCUT2D eigenvalue weighted by molar-refractivity contribution is -0.117. The predicted octanol–water partition coefficient (Wildman–Crippen LogP) is 1.80. The fourth-order valence-electron chi connectivity index (χ4n) is 2.96. The summed E-state index contributed by atoms with van der Waals surface area (Å²) >= 11 is 6.08. The summed E-state index contributed by atoms with van der Waals surface area (Å²) < 4.78 is 23.4. The number of benzene rings is 1. The van der Waals surface area contributed by atoms with Gasteiger partial charge in [-0.2, -0.15) is 0 Å². The van der Waals surface area contributed by atoms with Crippen molar-refractivity contribution in [2.75, 3.05) is 16.4 Å². The van der Waals surface area contributed by atoms with E-state index in [2.05, 4.69) is 0 Å². The van der Waals surface area contributed by atoms with E-state index in [9.17, 15) is 13.2 Å². The minimum Gasteiger partial charge on any atom is -0.308 e. The molecule has 0 aromatic heterocycles. The van der Waals surface area contributed by atoms with Crippen LogP contribution in [-0.2, 0) is 14.6 Å². The lowest BCUT2D eigenvalue weighted by Gasteiger charge is -2.23. The summed E-state index contributed by atoms with van der Waals surface area (Å²) in [4.78, 5) is 13.7. The summed E-state index contributed by atoms with van der Waals surface area (Å²) in [5.41, 5.74) is 1.64. The maximum Gasteiger partial charge on any atom is 0.227 e. The first-order valence-electron chi connectivity index (χ1n) is 6.16. The average molecular weight is 300 g/mol. The van der Waals surface area contributed by atoms with Gasteiger partial charge in [-0.05, 0) is 24.6 Å². The summed E-state index contributed by atoms with van der Waals surface area (Å²) in [5.74, 6) is 0.108. The second-order valence-corrected chi connectivity index (χ2v) is 7.87. The molecule has 0 saturated carbocycles. The third-order valence-corrected chi connectivity index (χ3v) is 6.10. The average Bonchev–Trinajstić information content (AvgIpc) is 2.73. The van der Waals surface area contributed by atoms with Crippen molar-refractivity contribution in [1.29, 1.82) is 0 Å². The number of carbonyl (C=O) groups excluding carboxylic acids is 1. The Morgan fingerprint density at radius 2 is 2.05 bits per heavy atom. The molecule has 3 rings (SSSR count). The highest BCUT2D eigenvalue weighted by atomic mass is 35.5. The number of fused-ring (bicyclic) bond motifs is 1. The van der Waals surface area contributed by atoms with Gasteiger partial charge in [0.05, 0.1) is 17.5 Å². The normalized spacial score (nSPS) is 28.7. The summed E-state index contributed by atoms with van der Waals surface area (Å²) in [6.07, 6.45) is 0.315. The van der Waals surface area contributed by atoms with E-state index in [1.165, 1.54) is 0 Å². The summed E-state index contributed by atoms with van der Waals surface area (Å²) in [6, 6.07) is 5.19. The molecule has 2 heterocycles. The van der Waals surface area contributed by atoms with Gasteiger partial charge in [-0.1, -0.05) is 17.7 Å². The van der Waals surface area contributed by atoms with Crippen molar-refractivity contribution in [3.8, 4) is 0 Å². The first-order chi connectivity index (χ1) is 8.87. The molecular formula is C13H14ClNO3S. The minimum absolute atomic E-state index is 0.00943. The Morgan fingerprint density at radius 1 is 1.32 bits per heavy atom. The van der Waals surface area contributed by atoms with Gasteiger partial charge in [-0.25, -0.2) is 8.42 Å². The molecule has 1 amide bonds. The maximum absolute atomic E-state index is 12.1. The van der Waals surface area contributed by atoms with Crippen LogP contribution in [0.15, 0.2) is 18.2 Å². The summed E-state index contributed by atoms with van der Waals surface area (Å²) in [6.45, 7) is 1.89. The van der Waals surface area contributed by atoms with Crippen LogP contribution < -0.4 is 4.90 Å². The number of hydrogen-bond donors (Lipinski definition) is 0. The highest BCUT2D eigenvalue weighted by Crippen LogP contribution is 2.38. The second kappa shape index (κ2) is 4.21. The van der Waals surface area contributed by atoms with Crippen molar-refractivity contribution in [2.45, 2.75) is 19.4 Å². The van der Waals surface area contributed by atoms with Gasteiger partial charge in [-0.3, -0.25) is 4.79 Å². The van der Waals surface area contributed by atoms with Crippen LogP contribution in [0, 0.1) is 12.8 Å².